The van der Waals surface area contributed by atoms with Crippen LogP contribution in [-0.4, -0.2) is 36.8 Å². The molecule has 0 aliphatic carbocycles. The van der Waals surface area contributed by atoms with E-state index < -0.39 is 0 Å². The largest absolute Gasteiger partial charge is 0.477 e. The Morgan fingerprint density at radius 1 is 1.41 bits per heavy atom. The number of hydrogen-bond donors (Lipinski definition) is 0. The Morgan fingerprint density at radius 3 is 2.82 bits per heavy atom. The fourth-order valence-corrected chi connectivity index (χ4v) is 2.89. The van der Waals surface area contributed by atoms with Crippen LogP contribution in [-0.2, 0) is 14.3 Å². The molecule has 2 aliphatic heterocycles. The van der Waals surface area contributed by atoms with E-state index in [1.54, 1.807) is 0 Å². The molecule has 4 heteroatoms. The Bertz CT molecular complexity index is 606. The van der Waals surface area contributed by atoms with Crippen molar-refractivity contribution in [2.24, 2.45) is 0 Å². The van der Waals surface area contributed by atoms with Gasteiger partial charge in [0, 0.05) is 13.0 Å². The maximum absolute atomic E-state index is 12.0. The zero-order valence-electron chi connectivity index (χ0n) is 13.0. The summed E-state index contributed by atoms with van der Waals surface area (Å²) >= 11 is 0. The number of esters is 1. The van der Waals surface area contributed by atoms with Crippen molar-refractivity contribution in [1.29, 1.82) is 0 Å². The zero-order valence-corrected chi connectivity index (χ0v) is 13.0. The first-order valence-corrected chi connectivity index (χ1v) is 7.62. The minimum absolute atomic E-state index is 0.0483. The summed E-state index contributed by atoms with van der Waals surface area (Å²) in [5, 5.41) is 0. The molecule has 0 bridgehead atoms. The summed E-state index contributed by atoms with van der Waals surface area (Å²) in [6.45, 7) is 2.91. The smallest absolute Gasteiger partial charge is 0.331 e. The third-order valence-corrected chi connectivity index (χ3v) is 4.23. The quantitative estimate of drug-likeness (QED) is 0.801. The highest BCUT2D eigenvalue weighted by Crippen LogP contribution is 2.37. The van der Waals surface area contributed by atoms with Gasteiger partial charge in [0.15, 0.2) is 12.3 Å². The second kappa shape index (κ2) is 6.36. The summed E-state index contributed by atoms with van der Waals surface area (Å²) in [6.07, 6.45) is 5.97. The topological polar surface area (TPSA) is 38.8 Å². The number of carbonyl (C=O) groups is 1. The van der Waals surface area contributed by atoms with Gasteiger partial charge in [-0.3, -0.25) is 0 Å². The van der Waals surface area contributed by atoms with Crippen LogP contribution in [0, 0.1) is 0 Å². The minimum Gasteiger partial charge on any atom is -0.477 e. The van der Waals surface area contributed by atoms with Gasteiger partial charge < -0.3 is 9.47 Å². The van der Waals surface area contributed by atoms with Gasteiger partial charge in [-0.15, -0.1) is 0 Å². The van der Waals surface area contributed by atoms with Crippen molar-refractivity contribution in [1.82, 2.24) is 4.90 Å². The highest BCUT2D eigenvalue weighted by atomic mass is 16.6. The molecule has 2 saturated heterocycles. The van der Waals surface area contributed by atoms with E-state index in [-0.39, 0.29) is 18.2 Å². The van der Waals surface area contributed by atoms with Gasteiger partial charge >= 0.3 is 5.97 Å². The van der Waals surface area contributed by atoms with Crippen LogP contribution in [0.4, 0.5) is 0 Å². The molecule has 0 aromatic heterocycles. The van der Waals surface area contributed by atoms with Crippen LogP contribution in [0.3, 0.4) is 0 Å². The van der Waals surface area contributed by atoms with Crippen LogP contribution in [0.1, 0.15) is 25.3 Å². The first kappa shape index (κ1) is 14.9. The highest BCUT2D eigenvalue weighted by Gasteiger charge is 2.49. The lowest BCUT2D eigenvalue weighted by Crippen LogP contribution is -2.50. The Balaban J connectivity index is 1.73. The standard InChI is InChI=1S/C18H21NO3/c1-13(7-6-10-14-8-4-3-5-9-14)17-16(18(20)21-2)19-12-11-15(19)22-17/h3-6,8-10,15-16H,7,11-12H2,1-2H3/b10-6+,17-13-. The fraction of sp³-hybridized carbons (Fsp3) is 0.389. The predicted octanol–water partition coefficient (Wildman–Crippen LogP) is 2.97. The highest BCUT2D eigenvalue weighted by molar-refractivity contribution is 5.80. The van der Waals surface area contributed by atoms with Crippen LogP contribution in [0.2, 0.25) is 0 Å². The lowest BCUT2D eigenvalue weighted by molar-refractivity contribution is -0.147. The molecule has 116 valence electrons. The summed E-state index contributed by atoms with van der Waals surface area (Å²) in [6, 6.07) is 9.80. The molecular weight excluding hydrogens is 278 g/mol. The number of allylic oxidation sites excluding steroid dienone is 2. The molecule has 1 aromatic rings. The van der Waals surface area contributed by atoms with Crippen LogP contribution >= 0.6 is 0 Å². The van der Waals surface area contributed by atoms with Gasteiger partial charge in [0.05, 0.1) is 7.11 Å². The van der Waals surface area contributed by atoms with Gasteiger partial charge in [0.2, 0.25) is 0 Å². The van der Waals surface area contributed by atoms with Crippen molar-refractivity contribution in [3.05, 3.63) is 53.3 Å². The summed E-state index contributed by atoms with van der Waals surface area (Å²) in [5.74, 6) is 0.538. The zero-order chi connectivity index (χ0) is 15.5. The van der Waals surface area contributed by atoms with E-state index in [9.17, 15) is 4.79 Å². The van der Waals surface area contributed by atoms with Crippen LogP contribution in [0.25, 0.3) is 6.08 Å². The van der Waals surface area contributed by atoms with Crippen LogP contribution < -0.4 is 0 Å². The number of benzene rings is 1. The molecule has 4 nitrogen and oxygen atoms in total. The van der Waals surface area contributed by atoms with Gasteiger partial charge in [-0.05, 0) is 24.5 Å². The van der Waals surface area contributed by atoms with Crippen molar-refractivity contribution in [3.8, 4) is 0 Å². The lowest BCUT2D eigenvalue weighted by Gasteiger charge is -2.33. The Hall–Kier alpha value is -2.07. The molecule has 0 spiro atoms. The third kappa shape index (κ3) is 2.79. The van der Waals surface area contributed by atoms with E-state index >= 15 is 0 Å². The molecular formula is C18H21NO3. The SMILES string of the molecule is COC(=O)C1/C(=C(\C)C/C=C/c2ccccc2)OC2CCN21. The number of fused-ring (bicyclic) bond motifs is 1. The van der Waals surface area contributed by atoms with Crippen molar-refractivity contribution >= 4 is 12.0 Å². The Kier molecular flexibility index (Phi) is 4.29. The normalized spacial score (nSPS) is 26.3. The number of hydrogen-bond acceptors (Lipinski definition) is 4. The molecule has 22 heavy (non-hydrogen) atoms. The number of carbonyl (C=O) groups excluding carboxylic acids is 1. The lowest BCUT2D eigenvalue weighted by atomic mass is 10.0. The summed E-state index contributed by atoms with van der Waals surface area (Å²) in [4.78, 5) is 14.1. The van der Waals surface area contributed by atoms with E-state index in [0.717, 1.165) is 30.7 Å². The molecule has 2 unspecified atom stereocenters. The Morgan fingerprint density at radius 2 is 2.18 bits per heavy atom. The number of methoxy groups -OCH3 is 1. The van der Waals surface area contributed by atoms with Gasteiger partial charge in [-0.2, -0.15) is 0 Å². The summed E-state index contributed by atoms with van der Waals surface area (Å²) < 4.78 is 10.9. The van der Waals surface area contributed by atoms with Crippen molar-refractivity contribution in [2.45, 2.75) is 32.0 Å². The summed E-state index contributed by atoms with van der Waals surface area (Å²) in [5.41, 5.74) is 2.25. The predicted molar refractivity (Wildman–Crippen MR) is 84.8 cm³/mol. The molecule has 0 saturated carbocycles. The van der Waals surface area contributed by atoms with E-state index in [1.165, 1.54) is 12.7 Å². The van der Waals surface area contributed by atoms with Gasteiger partial charge in [0.25, 0.3) is 0 Å². The number of ether oxygens (including phenoxy) is 2. The molecule has 2 fully saturated rings. The molecule has 0 N–H and O–H groups in total. The first-order valence-electron chi connectivity index (χ1n) is 7.62. The van der Waals surface area contributed by atoms with E-state index in [1.807, 2.05) is 25.1 Å². The number of rotatable bonds is 4. The molecule has 0 radical (unpaired) electrons. The molecule has 2 atom stereocenters. The van der Waals surface area contributed by atoms with Crippen LogP contribution in [0.15, 0.2) is 47.7 Å². The van der Waals surface area contributed by atoms with Crippen molar-refractivity contribution < 1.29 is 14.3 Å². The summed E-state index contributed by atoms with van der Waals surface area (Å²) in [7, 11) is 1.43. The molecule has 3 rings (SSSR count). The minimum atomic E-state index is -0.367. The van der Waals surface area contributed by atoms with E-state index in [0.29, 0.717) is 0 Å². The maximum atomic E-state index is 12.0. The second-order valence-electron chi connectivity index (χ2n) is 5.69. The molecule has 2 heterocycles. The third-order valence-electron chi connectivity index (χ3n) is 4.23. The molecule has 0 amide bonds. The van der Waals surface area contributed by atoms with Crippen molar-refractivity contribution in [2.75, 3.05) is 13.7 Å². The number of nitrogens with zero attached hydrogens (tertiary/aromatic N) is 1. The van der Waals surface area contributed by atoms with Gasteiger partial charge in [-0.25, -0.2) is 9.69 Å². The molecule has 1 aromatic carbocycles. The fourth-order valence-electron chi connectivity index (χ4n) is 2.89. The van der Waals surface area contributed by atoms with Gasteiger partial charge in [0.1, 0.15) is 5.76 Å². The van der Waals surface area contributed by atoms with Crippen molar-refractivity contribution in [3.63, 3.8) is 0 Å². The second-order valence-corrected chi connectivity index (χ2v) is 5.69. The monoisotopic (exact) mass is 299 g/mol. The first-order chi connectivity index (χ1) is 10.7. The van der Waals surface area contributed by atoms with E-state index in [2.05, 4.69) is 29.2 Å². The average Bonchev–Trinajstić information content (AvgIpc) is 2.78. The maximum Gasteiger partial charge on any atom is 0.331 e. The van der Waals surface area contributed by atoms with Crippen LogP contribution in [0.5, 0.6) is 0 Å². The molecule has 2 aliphatic rings. The Labute approximate surface area is 131 Å². The average molecular weight is 299 g/mol. The van der Waals surface area contributed by atoms with E-state index in [4.69, 9.17) is 9.47 Å². The van der Waals surface area contributed by atoms with Gasteiger partial charge in [-0.1, -0.05) is 42.5 Å².